The zero-order valence-corrected chi connectivity index (χ0v) is 14.1. The van der Waals surface area contributed by atoms with Crippen molar-refractivity contribution in [1.82, 2.24) is 5.32 Å². The SMILES string of the molecule is CSCc1c(C(=O)N[C@H](C)c2cccs2)oc2ccccc12. The summed E-state index contributed by atoms with van der Waals surface area (Å²) >= 11 is 3.32. The zero-order chi connectivity index (χ0) is 15.5. The molecule has 5 heteroatoms. The average molecular weight is 331 g/mol. The van der Waals surface area contributed by atoms with Gasteiger partial charge < -0.3 is 9.73 Å². The van der Waals surface area contributed by atoms with Gasteiger partial charge in [0.05, 0.1) is 6.04 Å². The molecular weight excluding hydrogens is 314 g/mol. The van der Waals surface area contributed by atoms with Crippen molar-refractivity contribution in [3.8, 4) is 0 Å². The van der Waals surface area contributed by atoms with Crippen LogP contribution in [0.5, 0.6) is 0 Å². The first-order chi connectivity index (χ1) is 10.7. The number of amides is 1. The molecule has 1 N–H and O–H groups in total. The van der Waals surface area contributed by atoms with Crippen molar-refractivity contribution < 1.29 is 9.21 Å². The first-order valence-electron chi connectivity index (χ1n) is 7.04. The molecule has 0 aliphatic carbocycles. The van der Waals surface area contributed by atoms with Gasteiger partial charge in [0.1, 0.15) is 5.58 Å². The summed E-state index contributed by atoms with van der Waals surface area (Å²) in [6.07, 6.45) is 2.03. The lowest BCUT2D eigenvalue weighted by molar-refractivity contribution is 0.0913. The van der Waals surface area contributed by atoms with Crippen LogP contribution >= 0.6 is 23.1 Å². The minimum atomic E-state index is -0.152. The van der Waals surface area contributed by atoms with Gasteiger partial charge >= 0.3 is 0 Å². The molecule has 114 valence electrons. The van der Waals surface area contributed by atoms with Crippen LogP contribution in [0.15, 0.2) is 46.2 Å². The Labute approximate surface area is 137 Å². The van der Waals surface area contributed by atoms with Crippen molar-refractivity contribution in [2.75, 3.05) is 6.26 Å². The van der Waals surface area contributed by atoms with Crippen molar-refractivity contribution >= 4 is 40.0 Å². The molecule has 0 saturated heterocycles. The van der Waals surface area contributed by atoms with Crippen LogP contribution in [0, 0.1) is 0 Å². The standard InChI is InChI=1S/C17H17NO2S2/c1-11(15-8-5-9-22-15)18-17(19)16-13(10-21-2)12-6-3-4-7-14(12)20-16/h3-9,11H,10H2,1-2H3,(H,18,19)/t11-/m1/s1. The molecular formula is C17H17NO2S2. The van der Waals surface area contributed by atoms with Crippen molar-refractivity contribution in [2.45, 2.75) is 18.7 Å². The molecule has 1 atom stereocenters. The van der Waals surface area contributed by atoms with E-state index in [1.807, 2.05) is 55.0 Å². The number of para-hydroxylation sites is 1. The molecule has 1 aromatic carbocycles. The number of hydrogen-bond donors (Lipinski definition) is 1. The molecule has 2 aromatic heterocycles. The molecule has 3 aromatic rings. The Bertz CT molecular complexity index is 777. The third-order valence-corrected chi connectivity index (χ3v) is 5.14. The Balaban J connectivity index is 1.91. The fraction of sp³-hybridized carbons (Fsp3) is 0.235. The third-order valence-electron chi connectivity index (χ3n) is 3.51. The lowest BCUT2D eigenvalue weighted by Gasteiger charge is -2.11. The number of furan rings is 1. The zero-order valence-electron chi connectivity index (χ0n) is 12.5. The number of carbonyl (C=O) groups excluding carboxylic acids is 1. The van der Waals surface area contributed by atoms with E-state index in [-0.39, 0.29) is 11.9 Å². The summed E-state index contributed by atoms with van der Waals surface area (Å²) in [4.78, 5) is 13.7. The van der Waals surface area contributed by atoms with Crippen molar-refractivity contribution in [3.63, 3.8) is 0 Å². The summed E-state index contributed by atoms with van der Waals surface area (Å²) in [5.41, 5.74) is 1.74. The fourth-order valence-electron chi connectivity index (χ4n) is 2.44. The Morgan fingerprint density at radius 2 is 2.14 bits per heavy atom. The van der Waals surface area contributed by atoms with Crippen molar-refractivity contribution in [2.24, 2.45) is 0 Å². The highest BCUT2D eigenvalue weighted by Crippen LogP contribution is 2.29. The quantitative estimate of drug-likeness (QED) is 0.727. The predicted molar refractivity (Wildman–Crippen MR) is 93.6 cm³/mol. The van der Waals surface area contributed by atoms with E-state index in [0.29, 0.717) is 5.76 Å². The van der Waals surface area contributed by atoms with Gasteiger partial charge in [-0.15, -0.1) is 11.3 Å². The number of carbonyl (C=O) groups is 1. The van der Waals surface area contributed by atoms with E-state index in [1.54, 1.807) is 23.1 Å². The molecule has 3 nitrogen and oxygen atoms in total. The van der Waals surface area contributed by atoms with E-state index >= 15 is 0 Å². The first kappa shape index (κ1) is 15.2. The molecule has 1 amide bonds. The second-order valence-corrected chi connectivity index (χ2v) is 6.89. The topological polar surface area (TPSA) is 42.2 Å². The lowest BCUT2D eigenvalue weighted by atomic mass is 10.1. The fourth-order valence-corrected chi connectivity index (χ4v) is 3.75. The van der Waals surface area contributed by atoms with E-state index < -0.39 is 0 Å². The number of rotatable bonds is 5. The van der Waals surface area contributed by atoms with Crippen LogP contribution in [0.1, 0.15) is 34.0 Å². The van der Waals surface area contributed by atoms with E-state index in [1.165, 1.54) is 0 Å². The van der Waals surface area contributed by atoms with Crippen LogP contribution in [0.4, 0.5) is 0 Å². The molecule has 0 unspecified atom stereocenters. The van der Waals surface area contributed by atoms with Crippen LogP contribution in [0.3, 0.4) is 0 Å². The van der Waals surface area contributed by atoms with Crippen molar-refractivity contribution in [3.05, 3.63) is 58.0 Å². The normalized spacial score (nSPS) is 12.5. The minimum Gasteiger partial charge on any atom is -0.451 e. The Morgan fingerprint density at radius 1 is 1.32 bits per heavy atom. The summed E-state index contributed by atoms with van der Waals surface area (Å²) in [6.45, 7) is 1.99. The second kappa shape index (κ2) is 6.58. The van der Waals surface area contributed by atoms with Crippen LogP contribution in [-0.2, 0) is 5.75 Å². The maximum atomic E-state index is 12.6. The van der Waals surface area contributed by atoms with Gasteiger partial charge in [-0.2, -0.15) is 11.8 Å². The van der Waals surface area contributed by atoms with Gasteiger partial charge in [-0.25, -0.2) is 0 Å². The molecule has 0 aliphatic heterocycles. The van der Waals surface area contributed by atoms with Crippen LogP contribution in [0.2, 0.25) is 0 Å². The number of fused-ring (bicyclic) bond motifs is 1. The highest BCUT2D eigenvalue weighted by molar-refractivity contribution is 7.97. The van der Waals surface area contributed by atoms with E-state index in [2.05, 4.69) is 5.32 Å². The van der Waals surface area contributed by atoms with E-state index in [4.69, 9.17) is 4.42 Å². The van der Waals surface area contributed by atoms with Gasteiger partial charge in [0, 0.05) is 21.6 Å². The number of benzene rings is 1. The van der Waals surface area contributed by atoms with Crippen LogP contribution < -0.4 is 5.32 Å². The third kappa shape index (κ3) is 2.91. The predicted octanol–water partition coefficient (Wildman–Crippen LogP) is 4.85. The monoisotopic (exact) mass is 331 g/mol. The summed E-state index contributed by atoms with van der Waals surface area (Å²) in [6, 6.07) is 11.8. The highest BCUT2D eigenvalue weighted by atomic mass is 32.2. The molecule has 0 saturated carbocycles. The van der Waals surface area contributed by atoms with Gasteiger partial charge in [-0.05, 0) is 30.7 Å². The Hall–Kier alpha value is -1.72. The maximum absolute atomic E-state index is 12.6. The first-order valence-corrected chi connectivity index (χ1v) is 9.31. The van der Waals surface area contributed by atoms with Crippen LogP contribution in [0.25, 0.3) is 11.0 Å². The molecule has 0 fully saturated rings. The molecule has 0 aliphatic rings. The van der Waals surface area contributed by atoms with E-state index in [9.17, 15) is 4.79 Å². The van der Waals surface area contributed by atoms with Crippen LogP contribution in [-0.4, -0.2) is 12.2 Å². The molecule has 0 spiro atoms. The summed E-state index contributed by atoms with van der Waals surface area (Å²) in [5, 5.41) is 6.06. The van der Waals surface area contributed by atoms with Gasteiger partial charge in [-0.1, -0.05) is 24.3 Å². The Morgan fingerprint density at radius 3 is 2.86 bits per heavy atom. The summed E-state index contributed by atoms with van der Waals surface area (Å²) in [5.74, 6) is 1.03. The van der Waals surface area contributed by atoms with Gasteiger partial charge in [-0.3, -0.25) is 4.79 Å². The molecule has 22 heavy (non-hydrogen) atoms. The van der Waals surface area contributed by atoms with Gasteiger partial charge in [0.2, 0.25) is 0 Å². The summed E-state index contributed by atoms with van der Waals surface area (Å²) < 4.78 is 5.81. The molecule has 3 rings (SSSR count). The average Bonchev–Trinajstić information content (AvgIpc) is 3.16. The smallest absolute Gasteiger partial charge is 0.287 e. The van der Waals surface area contributed by atoms with E-state index in [0.717, 1.165) is 27.2 Å². The molecule has 0 bridgehead atoms. The minimum absolute atomic E-state index is 0.0251. The summed E-state index contributed by atoms with van der Waals surface area (Å²) in [7, 11) is 0. The maximum Gasteiger partial charge on any atom is 0.287 e. The molecule has 2 heterocycles. The number of thiophene rings is 1. The lowest BCUT2D eigenvalue weighted by Crippen LogP contribution is -2.26. The number of hydrogen-bond acceptors (Lipinski definition) is 4. The van der Waals surface area contributed by atoms with Gasteiger partial charge in [0.25, 0.3) is 5.91 Å². The number of nitrogens with one attached hydrogen (secondary N) is 1. The number of thioether (sulfide) groups is 1. The highest BCUT2D eigenvalue weighted by Gasteiger charge is 2.21. The van der Waals surface area contributed by atoms with Crippen molar-refractivity contribution in [1.29, 1.82) is 0 Å². The second-order valence-electron chi connectivity index (χ2n) is 5.05. The largest absolute Gasteiger partial charge is 0.451 e. The van der Waals surface area contributed by atoms with Gasteiger partial charge in [0.15, 0.2) is 5.76 Å². The Kier molecular flexibility index (Phi) is 4.55. The molecule has 0 radical (unpaired) electrons.